The standard InChI is InChI=1S/C17H35N.CHF3O3S/c1-3-5-7-8-9-10-14-18-15-12-17(13-16-18)11-6-4-2;2-1(3,4)8(5,6)7/h17H,3-16H2,1-2H3;(H,5,6,7). The zero-order valence-corrected chi connectivity index (χ0v) is 17.0. The molecule has 0 aromatic heterocycles. The zero-order valence-electron chi connectivity index (χ0n) is 16.2. The van der Waals surface area contributed by atoms with Crippen LogP contribution in [0.25, 0.3) is 0 Å². The highest BCUT2D eigenvalue weighted by atomic mass is 32.2. The maximum absolute atomic E-state index is 10.7. The fourth-order valence-electron chi connectivity index (χ4n) is 3.11. The zero-order chi connectivity index (χ0) is 20.1. The Hall–Kier alpha value is -0.340. The minimum Gasteiger partial charge on any atom is -0.303 e. The first-order valence-corrected chi connectivity index (χ1v) is 11.3. The molecule has 0 saturated carbocycles. The van der Waals surface area contributed by atoms with E-state index in [9.17, 15) is 13.2 Å². The van der Waals surface area contributed by atoms with E-state index >= 15 is 0 Å². The number of rotatable bonds is 10. The van der Waals surface area contributed by atoms with Gasteiger partial charge in [-0.05, 0) is 44.8 Å². The van der Waals surface area contributed by atoms with Crippen molar-refractivity contribution in [2.45, 2.75) is 90.0 Å². The van der Waals surface area contributed by atoms with Crippen molar-refractivity contribution in [2.24, 2.45) is 5.92 Å². The van der Waals surface area contributed by atoms with E-state index in [1.54, 1.807) is 0 Å². The summed E-state index contributed by atoms with van der Waals surface area (Å²) in [5.74, 6) is 1.05. The number of nitrogens with zero attached hydrogens (tertiary/aromatic N) is 1. The summed E-state index contributed by atoms with van der Waals surface area (Å²) in [5.41, 5.74) is -5.53. The van der Waals surface area contributed by atoms with E-state index in [1.807, 2.05) is 0 Å². The Morgan fingerprint density at radius 1 is 0.923 bits per heavy atom. The minimum absolute atomic E-state index is 1.05. The monoisotopic (exact) mass is 403 g/mol. The van der Waals surface area contributed by atoms with E-state index in [0.717, 1.165) is 5.92 Å². The fourth-order valence-corrected chi connectivity index (χ4v) is 3.11. The molecule has 1 aliphatic heterocycles. The molecule has 1 fully saturated rings. The number of alkyl halides is 3. The van der Waals surface area contributed by atoms with Crippen molar-refractivity contribution in [3.05, 3.63) is 0 Å². The van der Waals surface area contributed by atoms with Crippen LogP contribution in [0.2, 0.25) is 0 Å². The SMILES string of the molecule is CCCCCCCCN1CCC(CCCC)CC1.O=S(=O)(O)C(F)(F)F. The average Bonchev–Trinajstić information content (AvgIpc) is 2.56. The number of hydrogen-bond donors (Lipinski definition) is 1. The van der Waals surface area contributed by atoms with Crippen LogP contribution in [-0.2, 0) is 10.1 Å². The van der Waals surface area contributed by atoms with E-state index in [0.29, 0.717) is 0 Å². The van der Waals surface area contributed by atoms with Gasteiger partial charge in [-0.2, -0.15) is 21.6 Å². The fraction of sp³-hybridized carbons (Fsp3) is 1.00. The van der Waals surface area contributed by atoms with Crippen LogP contribution in [0.4, 0.5) is 13.2 Å². The lowest BCUT2D eigenvalue weighted by Gasteiger charge is -2.32. The highest BCUT2D eigenvalue weighted by molar-refractivity contribution is 7.86. The maximum Gasteiger partial charge on any atom is 0.522 e. The van der Waals surface area contributed by atoms with Crippen LogP contribution in [0.15, 0.2) is 0 Å². The van der Waals surface area contributed by atoms with Crippen molar-refractivity contribution in [2.75, 3.05) is 19.6 Å². The normalized spacial score (nSPS) is 17.0. The number of unbranched alkanes of at least 4 members (excludes halogenated alkanes) is 6. The molecule has 26 heavy (non-hydrogen) atoms. The third-order valence-corrected chi connectivity index (χ3v) is 5.38. The van der Waals surface area contributed by atoms with Gasteiger partial charge in [0.2, 0.25) is 0 Å². The van der Waals surface area contributed by atoms with Gasteiger partial charge in [0, 0.05) is 0 Å². The molecule has 0 unspecified atom stereocenters. The van der Waals surface area contributed by atoms with Crippen molar-refractivity contribution in [1.82, 2.24) is 4.90 Å². The first-order chi connectivity index (χ1) is 12.1. The molecule has 0 spiro atoms. The van der Waals surface area contributed by atoms with Crippen LogP contribution in [0.3, 0.4) is 0 Å². The molecular weight excluding hydrogens is 367 g/mol. The van der Waals surface area contributed by atoms with Gasteiger partial charge < -0.3 is 4.90 Å². The second kappa shape index (κ2) is 13.8. The van der Waals surface area contributed by atoms with Gasteiger partial charge in [-0.3, -0.25) is 4.55 Å². The van der Waals surface area contributed by atoms with Crippen LogP contribution in [-0.4, -0.2) is 43.0 Å². The summed E-state index contributed by atoms with van der Waals surface area (Å²) >= 11 is 0. The van der Waals surface area contributed by atoms with E-state index in [2.05, 4.69) is 18.7 Å². The summed E-state index contributed by atoms with van der Waals surface area (Å²) in [7, 11) is -5.84. The van der Waals surface area contributed by atoms with Crippen LogP contribution in [0, 0.1) is 5.92 Å². The molecule has 0 aromatic carbocycles. The molecule has 0 bridgehead atoms. The van der Waals surface area contributed by atoms with E-state index in [4.69, 9.17) is 13.0 Å². The van der Waals surface area contributed by atoms with Gasteiger partial charge in [-0.15, -0.1) is 0 Å². The summed E-state index contributed by atoms with van der Waals surface area (Å²) < 4.78 is 57.5. The highest BCUT2D eigenvalue weighted by Crippen LogP contribution is 2.23. The number of halogens is 3. The summed E-state index contributed by atoms with van der Waals surface area (Å²) in [6.45, 7) is 8.73. The predicted molar refractivity (Wildman–Crippen MR) is 99.7 cm³/mol. The Kier molecular flexibility index (Phi) is 13.6. The Bertz CT molecular complexity index is 433. The molecule has 1 N–H and O–H groups in total. The van der Waals surface area contributed by atoms with Crippen LogP contribution in [0.5, 0.6) is 0 Å². The molecule has 0 radical (unpaired) electrons. The molecule has 4 nitrogen and oxygen atoms in total. The number of piperidine rings is 1. The van der Waals surface area contributed by atoms with Gasteiger partial charge >= 0.3 is 15.6 Å². The van der Waals surface area contributed by atoms with Crippen LogP contribution >= 0.6 is 0 Å². The molecule has 0 amide bonds. The van der Waals surface area contributed by atoms with Gasteiger partial charge in [-0.1, -0.05) is 65.2 Å². The third-order valence-electron chi connectivity index (χ3n) is 4.79. The van der Waals surface area contributed by atoms with Gasteiger partial charge in [-0.25, -0.2) is 0 Å². The van der Waals surface area contributed by atoms with Gasteiger partial charge in [0.25, 0.3) is 0 Å². The Morgan fingerprint density at radius 2 is 1.38 bits per heavy atom. The molecule has 0 aromatic rings. The second-order valence-corrected chi connectivity index (χ2v) is 8.53. The maximum atomic E-state index is 10.7. The quantitative estimate of drug-likeness (QED) is 0.291. The van der Waals surface area contributed by atoms with Gasteiger partial charge in [0.1, 0.15) is 0 Å². The topological polar surface area (TPSA) is 57.6 Å². The average molecular weight is 404 g/mol. The summed E-state index contributed by atoms with van der Waals surface area (Å²) in [4.78, 5) is 2.71. The molecule has 1 heterocycles. The van der Waals surface area contributed by atoms with Gasteiger partial charge in [0.05, 0.1) is 0 Å². The number of hydrogen-bond acceptors (Lipinski definition) is 3. The minimum atomic E-state index is -5.84. The first kappa shape index (κ1) is 25.7. The van der Waals surface area contributed by atoms with Crippen molar-refractivity contribution >= 4 is 10.1 Å². The highest BCUT2D eigenvalue weighted by Gasteiger charge is 2.44. The molecule has 8 heteroatoms. The molecule has 158 valence electrons. The molecule has 1 aliphatic rings. The molecule has 1 saturated heterocycles. The predicted octanol–water partition coefficient (Wildman–Crippen LogP) is 5.64. The first-order valence-electron chi connectivity index (χ1n) is 9.87. The Balaban J connectivity index is 0.000000660. The second-order valence-electron chi connectivity index (χ2n) is 7.12. The number of likely N-dealkylation sites (tertiary alicyclic amines) is 1. The van der Waals surface area contributed by atoms with Crippen LogP contribution < -0.4 is 0 Å². The third kappa shape index (κ3) is 12.9. The van der Waals surface area contributed by atoms with Crippen molar-refractivity contribution < 1.29 is 26.1 Å². The summed E-state index contributed by atoms with van der Waals surface area (Å²) in [6.07, 6.45) is 15.8. The molecule has 0 aliphatic carbocycles. The summed E-state index contributed by atoms with van der Waals surface area (Å²) in [6, 6.07) is 0. The Labute approximate surface area is 157 Å². The van der Waals surface area contributed by atoms with Crippen molar-refractivity contribution in [3.8, 4) is 0 Å². The van der Waals surface area contributed by atoms with E-state index in [-0.39, 0.29) is 0 Å². The van der Waals surface area contributed by atoms with E-state index < -0.39 is 15.6 Å². The lowest BCUT2D eigenvalue weighted by molar-refractivity contribution is -0.0510. The summed E-state index contributed by atoms with van der Waals surface area (Å²) in [5, 5.41) is 0. The molecule has 0 atom stereocenters. The lowest BCUT2D eigenvalue weighted by Crippen LogP contribution is -2.34. The molecular formula is C18H36F3NO3S. The van der Waals surface area contributed by atoms with Crippen molar-refractivity contribution in [1.29, 1.82) is 0 Å². The lowest BCUT2D eigenvalue weighted by atomic mass is 9.91. The largest absolute Gasteiger partial charge is 0.522 e. The van der Waals surface area contributed by atoms with E-state index in [1.165, 1.54) is 90.3 Å². The van der Waals surface area contributed by atoms with Gasteiger partial charge in [0.15, 0.2) is 0 Å². The molecule has 1 rings (SSSR count). The van der Waals surface area contributed by atoms with Crippen LogP contribution in [0.1, 0.15) is 84.5 Å². The Morgan fingerprint density at radius 3 is 1.85 bits per heavy atom. The smallest absolute Gasteiger partial charge is 0.303 e. The van der Waals surface area contributed by atoms with Crippen molar-refractivity contribution in [3.63, 3.8) is 0 Å².